The van der Waals surface area contributed by atoms with E-state index in [0.717, 1.165) is 31.0 Å². The highest BCUT2D eigenvalue weighted by molar-refractivity contribution is 7.99. The van der Waals surface area contributed by atoms with E-state index in [4.69, 9.17) is 0 Å². The molecule has 2 heterocycles. The molecule has 4 nitrogen and oxygen atoms in total. The van der Waals surface area contributed by atoms with Crippen molar-refractivity contribution in [2.75, 3.05) is 24.2 Å². The number of nitrogens with one attached hydrogen (secondary N) is 2. The average Bonchev–Trinajstić information content (AvgIpc) is 2.51. The van der Waals surface area contributed by atoms with Gasteiger partial charge < -0.3 is 10.6 Å². The summed E-state index contributed by atoms with van der Waals surface area (Å²) < 4.78 is 0. The predicted octanol–water partition coefficient (Wildman–Crippen LogP) is 3.23. The van der Waals surface area contributed by atoms with Gasteiger partial charge in [-0.2, -0.15) is 11.8 Å². The fourth-order valence-electron chi connectivity index (χ4n) is 2.42. The van der Waals surface area contributed by atoms with Crippen molar-refractivity contribution < 1.29 is 4.79 Å². The number of rotatable bonds is 6. The number of hydrogen-bond donors (Lipinski definition) is 2. The van der Waals surface area contributed by atoms with Crippen LogP contribution in [0.1, 0.15) is 48.7 Å². The minimum atomic E-state index is 0.00576. The molecule has 21 heavy (non-hydrogen) atoms. The number of aryl methyl sites for hydroxylation is 1. The molecule has 2 N–H and O–H groups in total. The molecule has 5 heteroatoms. The molecule has 0 aliphatic carbocycles. The lowest BCUT2D eigenvalue weighted by Gasteiger charge is -2.21. The average molecular weight is 307 g/mol. The van der Waals surface area contributed by atoms with Crippen LogP contribution in [-0.2, 0) is 0 Å². The lowest BCUT2D eigenvalue weighted by Crippen LogP contribution is -2.32. The number of pyridine rings is 1. The minimum Gasteiger partial charge on any atom is -0.370 e. The van der Waals surface area contributed by atoms with Crippen LogP contribution in [0.4, 0.5) is 5.82 Å². The maximum absolute atomic E-state index is 12.3. The molecule has 0 aromatic carbocycles. The van der Waals surface area contributed by atoms with Crippen molar-refractivity contribution in [2.45, 2.75) is 44.8 Å². The molecule has 1 saturated heterocycles. The van der Waals surface area contributed by atoms with Gasteiger partial charge in [0.25, 0.3) is 5.91 Å². The summed E-state index contributed by atoms with van der Waals surface area (Å²) in [5.41, 5.74) is 1.57. The monoisotopic (exact) mass is 307 g/mol. The molecule has 116 valence electrons. The maximum Gasteiger partial charge on any atom is 0.251 e. The van der Waals surface area contributed by atoms with Crippen molar-refractivity contribution in [2.24, 2.45) is 0 Å². The number of aromatic nitrogens is 1. The first-order chi connectivity index (χ1) is 10.2. The minimum absolute atomic E-state index is 0.00576. The number of nitrogens with zero attached hydrogens (tertiary/aromatic N) is 1. The molecule has 0 saturated carbocycles. The van der Waals surface area contributed by atoms with E-state index in [1.54, 1.807) is 0 Å². The molecule has 1 unspecified atom stereocenters. The number of hydrogen-bond acceptors (Lipinski definition) is 4. The Morgan fingerprint density at radius 1 is 1.43 bits per heavy atom. The molecule has 1 aromatic heterocycles. The van der Waals surface area contributed by atoms with Crippen molar-refractivity contribution >= 4 is 23.5 Å². The van der Waals surface area contributed by atoms with Crippen LogP contribution in [0.25, 0.3) is 0 Å². The van der Waals surface area contributed by atoms with Gasteiger partial charge in [0.2, 0.25) is 0 Å². The molecule has 1 fully saturated rings. The number of anilines is 1. The van der Waals surface area contributed by atoms with Crippen molar-refractivity contribution in [3.8, 4) is 0 Å². The molecule has 0 bridgehead atoms. The standard InChI is InChI=1S/C16H25N3OS/c1-3-7-17-15-10-13(9-12(2)19-15)16(20)18-11-14-6-4-5-8-21-14/h9-10,14H,3-8,11H2,1-2H3,(H,17,19)(H,18,20). The smallest absolute Gasteiger partial charge is 0.251 e. The summed E-state index contributed by atoms with van der Waals surface area (Å²) in [7, 11) is 0. The first-order valence-corrected chi connectivity index (χ1v) is 8.86. The number of carbonyl (C=O) groups excluding carboxylic acids is 1. The van der Waals surface area contributed by atoms with Crippen molar-refractivity contribution in [1.29, 1.82) is 0 Å². The van der Waals surface area contributed by atoms with Gasteiger partial charge in [0.1, 0.15) is 5.82 Å². The summed E-state index contributed by atoms with van der Waals surface area (Å²) >= 11 is 1.98. The Kier molecular flexibility index (Phi) is 6.36. The first kappa shape index (κ1) is 16.1. The van der Waals surface area contributed by atoms with Gasteiger partial charge in [-0.25, -0.2) is 4.98 Å². The van der Waals surface area contributed by atoms with Gasteiger partial charge >= 0.3 is 0 Å². The molecule has 1 aromatic rings. The highest BCUT2D eigenvalue weighted by atomic mass is 32.2. The van der Waals surface area contributed by atoms with E-state index in [0.29, 0.717) is 10.8 Å². The SMILES string of the molecule is CCCNc1cc(C(=O)NCC2CCCCS2)cc(C)n1. The highest BCUT2D eigenvalue weighted by Crippen LogP contribution is 2.24. The highest BCUT2D eigenvalue weighted by Gasteiger charge is 2.15. The molecule has 1 aliphatic rings. The zero-order valence-electron chi connectivity index (χ0n) is 12.9. The fourth-order valence-corrected chi connectivity index (χ4v) is 3.66. The van der Waals surface area contributed by atoms with E-state index in [9.17, 15) is 4.79 Å². The molecule has 0 spiro atoms. The second-order valence-corrected chi connectivity index (χ2v) is 6.92. The molecular formula is C16H25N3OS. The van der Waals surface area contributed by atoms with E-state index in [1.165, 1.54) is 25.0 Å². The summed E-state index contributed by atoms with van der Waals surface area (Å²) in [6.07, 6.45) is 4.85. The van der Waals surface area contributed by atoms with Crippen molar-refractivity contribution in [3.05, 3.63) is 23.4 Å². The van der Waals surface area contributed by atoms with Crippen molar-refractivity contribution in [3.63, 3.8) is 0 Å². The van der Waals surface area contributed by atoms with Crippen LogP contribution < -0.4 is 10.6 Å². The Morgan fingerprint density at radius 3 is 3.00 bits per heavy atom. The third kappa shape index (κ3) is 5.23. The summed E-state index contributed by atoms with van der Waals surface area (Å²) in [6, 6.07) is 3.69. The maximum atomic E-state index is 12.3. The quantitative estimate of drug-likeness (QED) is 0.847. The van der Waals surface area contributed by atoms with Crippen LogP contribution in [0.5, 0.6) is 0 Å². The Balaban J connectivity index is 1.92. The number of amides is 1. The Bertz CT molecular complexity index is 473. The lowest BCUT2D eigenvalue weighted by molar-refractivity contribution is 0.0953. The summed E-state index contributed by atoms with van der Waals surface area (Å²) in [5, 5.41) is 6.88. The first-order valence-electron chi connectivity index (χ1n) is 7.81. The van der Waals surface area contributed by atoms with Crippen LogP contribution in [0.2, 0.25) is 0 Å². The fraction of sp³-hybridized carbons (Fsp3) is 0.625. The van der Waals surface area contributed by atoms with Gasteiger partial charge in [-0.3, -0.25) is 4.79 Å². The van der Waals surface area contributed by atoms with Gasteiger partial charge in [0.15, 0.2) is 0 Å². The molecule has 2 rings (SSSR count). The van der Waals surface area contributed by atoms with Crippen LogP contribution >= 0.6 is 11.8 Å². The second kappa shape index (κ2) is 8.27. The molecule has 1 amide bonds. The summed E-state index contributed by atoms with van der Waals surface area (Å²) in [6.45, 7) is 5.67. The van der Waals surface area contributed by atoms with E-state index in [1.807, 2.05) is 30.8 Å². The Hall–Kier alpha value is -1.23. The topological polar surface area (TPSA) is 54.0 Å². The van der Waals surface area contributed by atoms with Crippen LogP contribution in [-0.4, -0.2) is 35.0 Å². The number of thioether (sulfide) groups is 1. The van der Waals surface area contributed by atoms with E-state index < -0.39 is 0 Å². The third-order valence-corrected chi connectivity index (χ3v) is 4.93. The normalized spacial score (nSPS) is 18.3. The third-order valence-electron chi connectivity index (χ3n) is 3.54. The van der Waals surface area contributed by atoms with Crippen molar-refractivity contribution in [1.82, 2.24) is 10.3 Å². The molecule has 1 aliphatic heterocycles. The zero-order valence-corrected chi connectivity index (χ0v) is 13.8. The lowest BCUT2D eigenvalue weighted by atomic mass is 10.1. The van der Waals surface area contributed by atoms with Gasteiger partial charge in [-0.05, 0) is 44.1 Å². The zero-order chi connectivity index (χ0) is 15.1. The van der Waals surface area contributed by atoms with Gasteiger partial charge in [-0.1, -0.05) is 13.3 Å². The van der Waals surface area contributed by atoms with Crippen LogP contribution in [0, 0.1) is 6.92 Å². The van der Waals surface area contributed by atoms with E-state index in [2.05, 4.69) is 22.5 Å². The van der Waals surface area contributed by atoms with E-state index >= 15 is 0 Å². The summed E-state index contributed by atoms with van der Waals surface area (Å²) in [5.74, 6) is 2.01. The largest absolute Gasteiger partial charge is 0.370 e. The summed E-state index contributed by atoms with van der Waals surface area (Å²) in [4.78, 5) is 16.7. The Morgan fingerprint density at radius 2 is 2.29 bits per heavy atom. The molecule has 0 radical (unpaired) electrons. The van der Waals surface area contributed by atoms with Gasteiger partial charge in [0, 0.05) is 29.6 Å². The second-order valence-electron chi connectivity index (χ2n) is 5.51. The van der Waals surface area contributed by atoms with Gasteiger partial charge in [-0.15, -0.1) is 0 Å². The molecule has 1 atom stereocenters. The van der Waals surface area contributed by atoms with Crippen LogP contribution in [0.3, 0.4) is 0 Å². The predicted molar refractivity (Wildman–Crippen MR) is 90.2 cm³/mol. The molecular weight excluding hydrogens is 282 g/mol. The van der Waals surface area contributed by atoms with E-state index in [-0.39, 0.29) is 5.91 Å². The number of carbonyl (C=O) groups is 1. The van der Waals surface area contributed by atoms with Crippen LogP contribution in [0.15, 0.2) is 12.1 Å². The van der Waals surface area contributed by atoms with Gasteiger partial charge in [0.05, 0.1) is 0 Å². The Labute approximate surface area is 131 Å².